The molecular weight excluding hydrogens is 268 g/mol. The van der Waals surface area contributed by atoms with E-state index in [0.717, 1.165) is 17.8 Å². The molecule has 0 aromatic heterocycles. The Balaban J connectivity index is 1.67. The monoisotopic (exact) mass is 284 g/mol. The lowest BCUT2D eigenvalue weighted by Crippen LogP contribution is -2.01. The molecule has 0 saturated heterocycles. The number of hydrogen-bond acceptors (Lipinski definition) is 2. The second-order valence-electron chi connectivity index (χ2n) is 6.35. The zero-order valence-corrected chi connectivity index (χ0v) is 12.1. The van der Waals surface area contributed by atoms with E-state index in [1.54, 1.807) is 0 Å². The fraction of sp³-hybridized carbons (Fsp3) is 0.100. The Morgan fingerprint density at radius 2 is 1.64 bits per heavy atom. The van der Waals surface area contributed by atoms with Crippen molar-refractivity contribution in [1.29, 1.82) is 0 Å². The van der Waals surface area contributed by atoms with Crippen molar-refractivity contribution in [2.75, 3.05) is 11.5 Å². The highest BCUT2D eigenvalue weighted by Gasteiger charge is 2.31. The van der Waals surface area contributed by atoms with Crippen LogP contribution in [0, 0.1) is 5.92 Å². The normalized spacial score (nSPS) is 20.4. The highest BCUT2D eigenvalue weighted by molar-refractivity contribution is 6.02. The smallest absolute Gasteiger partial charge is 0.0320 e. The van der Waals surface area contributed by atoms with Crippen molar-refractivity contribution >= 4 is 28.6 Å². The fourth-order valence-corrected chi connectivity index (χ4v) is 3.97. The second-order valence-corrected chi connectivity index (χ2v) is 6.35. The highest BCUT2D eigenvalue weighted by Crippen LogP contribution is 2.48. The number of nitrogens with two attached hydrogens (primary N) is 2. The van der Waals surface area contributed by atoms with E-state index in [1.165, 1.54) is 39.0 Å². The average Bonchev–Trinajstić information content (AvgIpc) is 3.00. The third kappa shape index (κ3) is 1.49. The number of allylic oxidation sites excluding steroid dienone is 5. The molecule has 106 valence electrons. The van der Waals surface area contributed by atoms with E-state index in [4.69, 9.17) is 11.5 Å². The molecule has 0 aliphatic heterocycles. The third-order valence-electron chi connectivity index (χ3n) is 4.95. The van der Waals surface area contributed by atoms with Crippen LogP contribution in [0.1, 0.15) is 22.3 Å². The average molecular weight is 284 g/mol. The Hall–Kier alpha value is -2.74. The first kappa shape index (κ1) is 11.9. The molecule has 2 heteroatoms. The Morgan fingerprint density at radius 1 is 0.864 bits per heavy atom. The van der Waals surface area contributed by atoms with Gasteiger partial charge in [0.25, 0.3) is 0 Å². The molecule has 0 heterocycles. The molecule has 2 nitrogen and oxygen atoms in total. The summed E-state index contributed by atoms with van der Waals surface area (Å²) in [7, 11) is 0. The quantitative estimate of drug-likeness (QED) is 0.721. The van der Waals surface area contributed by atoms with Crippen LogP contribution in [-0.2, 0) is 6.42 Å². The maximum absolute atomic E-state index is 5.93. The summed E-state index contributed by atoms with van der Waals surface area (Å²) in [6.07, 6.45) is 8.06. The molecule has 3 aliphatic carbocycles. The first-order chi connectivity index (χ1) is 10.7. The summed E-state index contributed by atoms with van der Waals surface area (Å²) >= 11 is 0. The Kier molecular flexibility index (Phi) is 2.11. The van der Waals surface area contributed by atoms with Gasteiger partial charge in [-0.1, -0.05) is 18.2 Å². The molecule has 1 atom stereocenters. The number of benzene rings is 2. The van der Waals surface area contributed by atoms with Crippen LogP contribution in [-0.4, -0.2) is 0 Å². The summed E-state index contributed by atoms with van der Waals surface area (Å²) in [5, 5.41) is 0. The first-order valence-corrected chi connectivity index (χ1v) is 7.63. The Labute approximate surface area is 129 Å². The van der Waals surface area contributed by atoms with Crippen LogP contribution in [0.15, 0.2) is 54.1 Å². The van der Waals surface area contributed by atoms with Gasteiger partial charge in [-0.25, -0.2) is 0 Å². The standard InChI is InChI=1S/C20H16N2/c21-15-1-3-17-11(7-15)5-13-10-20-14(9-19(13)17)6-12-8-16(22)2-4-18(12)20/h1-5,7-10,14H,6,21-22H2. The Morgan fingerprint density at radius 3 is 2.50 bits per heavy atom. The van der Waals surface area contributed by atoms with E-state index in [9.17, 15) is 0 Å². The summed E-state index contributed by atoms with van der Waals surface area (Å²) in [6.45, 7) is 0. The number of rotatable bonds is 0. The van der Waals surface area contributed by atoms with Crippen molar-refractivity contribution in [3.05, 3.63) is 76.4 Å². The highest BCUT2D eigenvalue weighted by atomic mass is 14.5. The lowest BCUT2D eigenvalue weighted by atomic mass is 9.86. The molecule has 2 aromatic rings. The molecule has 0 saturated carbocycles. The molecular formula is C20H16N2. The van der Waals surface area contributed by atoms with Crippen LogP contribution in [0.4, 0.5) is 11.4 Å². The summed E-state index contributed by atoms with van der Waals surface area (Å²) < 4.78 is 0. The van der Waals surface area contributed by atoms with E-state index in [2.05, 4.69) is 42.5 Å². The summed E-state index contributed by atoms with van der Waals surface area (Å²) in [5.74, 6) is 0.465. The van der Waals surface area contributed by atoms with Crippen LogP contribution >= 0.6 is 0 Å². The van der Waals surface area contributed by atoms with Crippen LogP contribution in [0.3, 0.4) is 0 Å². The minimum Gasteiger partial charge on any atom is -0.399 e. The topological polar surface area (TPSA) is 52.0 Å². The molecule has 4 N–H and O–H groups in total. The predicted molar refractivity (Wildman–Crippen MR) is 92.8 cm³/mol. The zero-order chi connectivity index (χ0) is 14.8. The minimum atomic E-state index is 0.465. The zero-order valence-electron chi connectivity index (χ0n) is 12.1. The molecule has 0 fully saturated rings. The van der Waals surface area contributed by atoms with Gasteiger partial charge in [0.05, 0.1) is 0 Å². The van der Waals surface area contributed by atoms with Gasteiger partial charge in [0.1, 0.15) is 0 Å². The largest absolute Gasteiger partial charge is 0.399 e. The number of anilines is 2. The maximum atomic E-state index is 5.93. The molecule has 0 amide bonds. The van der Waals surface area contributed by atoms with E-state index >= 15 is 0 Å². The summed E-state index contributed by atoms with van der Waals surface area (Å²) in [6, 6.07) is 12.5. The summed E-state index contributed by atoms with van der Waals surface area (Å²) in [5.41, 5.74) is 22.8. The molecule has 2 aromatic carbocycles. The fourth-order valence-electron chi connectivity index (χ4n) is 3.97. The van der Waals surface area contributed by atoms with E-state index in [1.807, 2.05) is 12.1 Å². The van der Waals surface area contributed by atoms with Crippen molar-refractivity contribution in [2.45, 2.75) is 6.42 Å². The first-order valence-electron chi connectivity index (χ1n) is 7.63. The van der Waals surface area contributed by atoms with Crippen LogP contribution < -0.4 is 11.5 Å². The SMILES string of the molecule is Nc1ccc2c(c1)C=C1C=C3c4ccc(N)cc4CC3C=C12. The molecule has 0 bridgehead atoms. The van der Waals surface area contributed by atoms with Gasteiger partial charge in [0.15, 0.2) is 0 Å². The van der Waals surface area contributed by atoms with E-state index in [0.29, 0.717) is 5.92 Å². The molecule has 1 unspecified atom stereocenters. The summed E-state index contributed by atoms with van der Waals surface area (Å²) in [4.78, 5) is 0. The van der Waals surface area contributed by atoms with Crippen LogP contribution in [0.2, 0.25) is 0 Å². The van der Waals surface area contributed by atoms with Crippen molar-refractivity contribution < 1.29 is 0 Å². The van der Waals surface area contributed by atoms with Gasteiger partial charge in [-0.15, -0.1) is 0 Å². The Bertz CT molecular complexity index is 929. The van der Waals surface area contributed by atoms with Crippen LogP contribution in [0.5, 0.6) is 0 Å². The van der Waals surface area contributed by atoms with E-state index < -0.39 is 0 Å². The van der Waals surface area contributed by atoms with Crippen molar-refractivity contribution in [3.8, 4) is 0 Å². The lowest BCUT2D eigenvalue weighted by Gasteiger charge is -2.17. The number of hydrogen-bond donors (Lipinski definition) is 2. The number of nitrogen functional groups attached to an aromatic ring is 2. The van der Waals surface area contributed by atoms with Crippen molar-refractivity contribution in [1.82, 2.24) is 0 Å². The second kappa shape index (κ2) is 3.92. The van der Waals surface area contributed by atoms with Crippen molar-refractivity contribution in [2.24, 2.45) is 5.92 Å². The molecule has 3 aliphatic rings. The van der Waals surface area contributed by atoms with Gasteiger partial charge in [0.2, 0.25) is 0 Å². The van der Waals surface area contributed by atoms with E-state index in [-0.39, 0.29) is 0 Å². The van der Waals surface area contributed by atoms with Gasteiger partial charge in [-0.3, -0.25) is 0 Å². The van der Waals surface area contributed by atoms with Gasteiger partial charge < -0.3 is 11.5 Å². The minimum absolute atomic E-state index is 0.465. The predicted octanol–water partition coefficient (Wildman–Crippen LogP) is 3.90. The van der Waals surface area contributed by atoms with Gasteiger partial charge in [-0.05, 0) is 81.8 Å². The van der Waals surface area contributed by atoms with Crippen molar-refractivity contribution in [3.63, 3.8) is 0 Å². The molecule has 0 radical (unpaired) electrons. The maximum Gasteiger partial charge on any atom is 0.0320 e. The van der Waals surface area contributed by atoms with Gasteiger partial charge in [0, 0.05) is 17.3 Å². The molecule has 0 spiro atoms. The molecule has 22 heavy (non-hydrogen) atoms. The number of fused-ring (bicyclic) bond motifs is 6. The third-order valence-corrected chi connectivity index (χ3v) is 4.95. The molecule has 5 rings (SSSR count). The van der Waals surface area contributed by atoms with Gasteiger partial charge in [-0.2, -0.15) is 0 Å². The van der Waals surface area contributed by atoms with Gasteiger partial charge >= 0.3 is 0 Å². The van der Waals surface area contributed by atoms with Crippen LogP contribution in [0.25, 0.3) is 17.2 Å². The lowest BCUT2D eigenvalue weighted by molar-refractivity contribution is 0.867.